The van der Waals surface area contributed by atoms with Crippen molar-refractivity contribution in [3.63, 3.8) is 0 Å². The summed E-state index contributed by atoms with van der Waals surface area (Å²) in [6.45, 7) is 1.49. The molecule has 0 spiro atoms. The molecule has 6 nitrogen and oxygen atoms in total. The van der Waals surface area contributed by atoms with Crippen molar-refractivity contribution >= 4 is 40.7 Å². The van der Waals surface area contributed by atoms with Crippen LogP contribution in [0, 0.1) is 0 Å². The first kappa shape index (κ1) is 19.0. The van der Waals surface area contributed by atoms with E-state index >= 15 is 0 Å². The van der Waals surface area contributed by atoms with Crippen LogP contribution in [-0.2, 0) is 9.59 Å². The molecule has 3 amide bonds. The summed E-state index contributed by atoms with van der Waals surface area (Å²) in [7, 11) is 0. The van der Waals surface area contributed by atoms with Crippen LogP contribution in [0.25, 0.3) is 0 Å². The highest BCUT2D eigenvalue weighted by molar-refractivity contribution is 7.12. The van der Waals surface area contributed by atoms with Gasteiger partial charge in [-0.05, 0) is 36.1 Å². The number of carbonyl (C=O) groups is 3. The normalized spacial score (nSPS) is 11.4. The molecule has 1 aromatic heterocycles. The van der Waals surface area contributed by atoms with Crippen molar-refractivity contribution in [2.75, 3.05) is 13.1 Å². The largest absolute Gasteiger partial charge is 0.348 e. The maximum absolute atomic E-state index is 11.9. The van der Waals surface area contributed by atoms with Gasteiger partial charge < -0.3 is 16.0 Å². The van der Waals surface area contributed by atoms with Crippen LogP contribution in [0.2, 0.25) is 5.02 Å². The van der Waals surface area contributed by atoms with Gasteiger partial charge in [0.2, 0.25) is 11.8 Å². The van der Waals surface area contributed by atoms with Crippen LogP contribution in [-0.4, -0.2) is 30.8 Å². The molecule has 25 heavy (non-hydrogen) atoms. The van der Waals surface area contributed by atoms with E-state index < -0.39 is 5.91 Å². The molecule has 1 aromatic carbocycles. The number of thiophene rings is 1. The summed E-state index contributed by atoms with van der Waals surface area (Å²) in [6.07, 6.45) is 0. The van der Waals surface area contributed by atoms with Gasteiger partial charge in [-0.15, -0.1) is 11.3 Å². The number of amides is 3. The lowest BCUT2D eigenvalue weighted by molar-refractivity contribution is -0.125. The predicted octanol–water partition coefficient (Wildman–Crippen LogP) is 2.12. The molecule has 0 fully saturated rings. The van der Waals surface area contributed by atoms with E-state index in [1.807, 2.05) is 19.1 Å². The van der Waals surface area contributed by atoms with E-state index in [1.54, 1.807) is 29.6 Å². The van der Waals surface area contributed by atoms with Crippen LogP contribution in [0.3, 0.4) is 0 Å². The molecule has 1 heterocycles. The summed E-state index contributed by atoms with van der Waals surface area (Å²) in [4.78, 5) is 35.8. The molecule has 1 atom stereocenters. The van der Waals surface area contributed by atoms with Gasteiger partial charge in [-0.3, -0.25) is 14.4 Å². The monoisotopic (exact) mass is 379 g/mol. The van der Waals surface area contributed by atoms with Gasteiger partial charge in [-0.2, -0.15) is 0 Å². The standard InChI is InChI=1S/C17H18ClN3O3S/c1-11(12-4-6-13(18)7-5-12)21-16(23)10-19-15(22)9-20-17(24)14-3-2-8-25-14/h2-8,11H,9-10H2,1H3,(H,19,22)(H,20,24)(H,21,23)/t11-/m1/s1. The average molecular weight is 380 g/mol. The van der Waals surface area contributed by atoms with Gasteiger partial charge in [0, 0.05) is 5.02 Å². The van der Waals surface area contributed by atoms with Gasteiger partial charge in [0.25, 0.3) is 5.91 Å². The fourth-order valence-corrected chi connectivity index (χ4v) is 2.79. The molecule has 0 aliphatic rings. The second-order valence-corrected chi connectivity index (χ2v) is 6.66. The smallest absolute Gasteiger partial charge is 0.261 e. The van der Waals surface area contributed by atoms with Crippen molar-refractivity contribution in [2.24, 2.45) is 0 Å². The van der Waals surface area contributed by atoms with Gasteiger partial charge in [-0.25, -0.2) is 0 Å². The van der Waals surface area contributed by atoms with E-state index in [9.17, 15) is 14.4 Å². The number of hydrogen-bond donors (Lipinski definition) is 3. The summed E-state index contributed by atoms with van der Waals surface area (Å²) in [5.74, 6) is -1.06. The maximum Gasteiger partial charge on any atom is 0.261 e. The Morgan fingerprint density at radius 2 is 1.72 bits per heavy atom. The van der Waals surface area contributed by atoms with E-state index in [0.29, 0.717) is 9.90 Å². The first-order chi connectivity index (χ1) is 12.0. The second kappa shape index (κ2) is 9.19. The van der Waals surface area contributed by atoms with Gasteiger partial charge in [-0.1, -0.05) is 29.8 Å². The molecule has 0 unspecified atom stereocenters. The first-order valence-corrected chi connectivity index (χ1v) is 8.84. The van der Waals surface area contributed by atoms with Crippen molar-refractivity contribution in [1.82, 2.24) is 16.0 Å². The maximum atomic E-state index is 11.9. The van der Waals surface area contributed by atoms with Crippen LogP contribution in [0.4, 0.5) is 0 Å². The Labute approximate surface area is 154 Å². The number of hydrogen-bond acceptors (Lipinski definition) is 4. The van der Waals surface area contributed by atoms with Gasteiger partial charge in [0.05, 0.1) is 24.0 Å². The lowest BCUT2D eigenvalue weighted by Crippen LogP contribution is -2.42. The van der Waals surface area contributed by atoms with Crippen LogP contribution >= 0.6 is 22.9 Å². The Kier molecular flexibility index (Phi) is 6.97. The molecular weight excluding hydrogens is 362 g/mol. The van der Waals surface area contributed by atoms with E-state index in [-0.39, 0.29) is 30.9 Å². The lowest BCUT2D eigenvalue weighted by Gasteiger charge is -2.15. The second-order valence-electron chi connectivity index (χ2n) is 5.28. The molecule has 8 heteroatoms. The number of rotatable bonds is 7. The minimum absolute atomic E-state index is 0.161. The van der Waals surface area contributed by atoms with E-state index in [1.165, 1.54) is 11.3 Å². The van der Waals surface area contributed by atoms with E-state index in [2.05, 4.69) is 16.0 Å². The molecule has 2 rings (SSSR count). The van der Waals surface area contributed by atoms with Crippen LogP contribution < -0.4 is 16.0 Å². The molecule has 0 aliphatic carbocycles. The average Bonchev–Trinajstić information content (AvgIpc) is 3.13. The van der Waals surface area contributed by atoms with E-state index in [0.717, 1.165) is 5.56 Å². The van der Waals surface area contributed by atoms with Crippen LogP contribution in [0.5, 0.6) is 0 Å². The Morgan fingerprint density at radius 3 is 2.36 bits per heavy atom. The molecule has 132 valence electrons. The molecule has 0 radical (unpaired) electrons. The summed E-state index contributed by atoms with van der Waals surface area (Å²) in [5, 5.41) is 10.1. The number of nitrogens with one attached hydrogen (secondary N) is 3. The highest BCUT2D eigenvalue weighted by Gasteiger charge is 2.12. The zero-order chi connectivity index (χ0) is 18.2. The van der Waals surface area contributed by atoms with Crippen molar-refractivity contribution in [1.29, 1.82) is 0 Å². The molecule has 2 aromatic rings. The van der Waals surface area contributed by atoms with Crippen LogP contribution in [0.1, 0.15) is 28.2 Å². The number of benzene rings is 1. The number of halogens is 1. The Hall–Kier alpha value is -2.38. The van der Waals surface area contributed by atoms with E-state index in [4.69, 9.17) is 11.6 Å². The summed E-state index contributed by atoms with van der Waals surface area (Å²) >= 11 is 7.12. The van der Waals surface area contributed by atoms with Gasteiger partial charge >= 0.3 is 0 Å². The van der Waals surface area contributed by atoms with Crippen LogP contribution in [0.15, 0.2) is 41.8 Å². The number of carbonyl (C=O) groups excluding carboxylic acids is 3. The summed E-state index contributed by atoms with van der Waals surface area (Å²) < 4.78 is 0. The fraction of sp³-hybridized carbons (Fsp3) is 0.235. The summed E-state index contributed by atoms with van der Waals surface area (Å²) in [6, 6.07) is 10.4. The van der Waals surface area contributed by atoms with Gasteiger partial charge in [0.15, 0.2) is 0 Å². The predicted molar refractivity (Wildman–Crippen MR) is 97.7 cm³/mol. The lowest BCUT2D eigenvalue weighted by atomic mass is 10.1. The summed E-state index contributed by atoms with van der Waals surface area (Å²) in [5.41, 5.74) is 0.910. The third kappa shape index (κ3) is 6.21. The van der Waals surface area contributed by atoms with Crippen molar-refractivity contribution < 1.29 is 14.4 Å². The Morgan fingerprint density at radius 1 is 1.04 bits per heavy atom. The molecule has 0 bridgehead atoms. The van der Waals surface area contributed by atoms with Crippen molar-refractivity contribution in [3.05, 3.63) is 57.2 Å². The molecule has 0 aliphatic heterocycles. The SMILES string of the molecule is C[C@@H](NC(=O)CNC(=O)CNC(=O)c1cccs1)c1ccc(Cl)cc1. The highest BCUT2D eigenvalue weighted by atomic mass is 35.5. The molecule has 3 N–H and O–H groups in total. The molecule has 0 saturated heterocycles. The minimum Gasteiger partial charge on any atom is -0.348 e. The Bertz CT molecular complexity index is 732. The fourth-order valence-electron chi connectivity index (χ4n) is 2.02. The van der Waals surface area contributed by atoms with Crippen molar-refractivity contribution in [2.45, 2.75) is 13.0 Å². The first-order valence-electron chi connectivity index (χ1n) is 7.59. The Balaban J connectivity index is 1.69. The third-order valence-corrected chi connectivity index (χ3v) is 4.47. The molecule has 0 saturated carbocycles. The quantitative estimate of drug-likeness (QED) is 0.688. The zero-order valence-electron chi connectivity index (χ0n) is 13.5. The highest BCUT2D eigenvalue weighted by Crippen LogP contribution is 2.15. The molecular formula is C17H18ClN3O3S. The van der Waals surface area contributed by atoms with Gasteiger partial charge in [0.1, 0.15) is 0 Å². The third-order valence-electron chi connectivity index (χ3n) is 3.35. The van der Waals surface area contributed by atoms with Crippen molar-refractivity contribution in [3.8, 4) is 0 Å². The zero-order valence-corrected chi connectivity index (χ0v) is 15.1. The minimum atomic E-state index is -0.431. The topological polar surface area (TPSA) is 87.3 Å².